The SMILES string of the molecule is CCCCCCCCCC1CC(=O)/C(=C/C(=O)O)C(=S)C1. The van der Waals surface area contributed by atoms with Gasteiger partial charge in [-0.1, -0.05) is 64.1 Å². The van der Waals surface area contributed by atoms with Crippen LogP contribution < -0.4 is 0 Å². The Balaban J connectivity index is 2.26. The van der Waals surface area contributed by atoms with Crippen molar-refractivity contribution in [1.29, 1.82) is 0 Å². The molecule has 0 amide bonds. The second-order valence-electron chi connectivity index (χ2n) is 5.93. The fraction of sp³-hybridized carbons (Fsp3) is 0.706. The summed E-state index contributed by atoms with van der Waals surface area (Å²) in [6, 6.07) is 0. The first-order valence-corrected chi connectivity index (χ1v) is 8.46. The van der Waals surface area contributed by atoms with Crippen LogP contribution in [0.5, 0.6) is 0 Å². The maximum atomic E-state index is 11.9. The number of hydrogen-bond donors (Lipinski definition) is 1. The van der Waals surface area contributed by atoms with Gasteiger partial charge in [0.05, 0.1) is 0 Å². The molecule has 21 heavy (non-hydrogen) atoms. The van der Waals surface area contributed by atoms with E-state index in [2.05, 4.69) is 6.92 Å². The van der Waals surface area contributed by atoms with Crippen LogP contribution in [0.3, 0.4) is 0 Å². The molecule has 0 radical (unpaired) electrons. The number of allylic oxidation sites excluding steroid dienone is 1. The van der Waals surface area contributed by atoms with Crippen LogP contribution in [0, 0.1) is 5.92 Å². The molecule has 0 spiro atoms. The van der Waals surface area contributed by atoms with Gasteiger partial charge < -0.3 is 5.11 Å². The van der Waals surface area contributed by atoms with Crippen LogP contribution >= 0.6 is 12.2 Å². The van der Waals surface area contributed by atoms with Crippen LogP contribution in [0.25, 0.3) is 0 Å². The zero-order chi connectivity index (χ0) is 15.7. The smallest absolute Gasteiger partial charge is 0.329 e. The number of carbonyl (C=O) groups is 2. The van der Waals surface area contributed by atoms with Crippen LogP contribution in [0.2, 0.25) is 0 Å². The Labute approximate surface area is 132 Å². The van der Waals surface area contributed by atoms with Crippen LogP contribution in [-0.4, -0.2) is 21.7 Å². The molecule has 0 bridgehead atoms. The minimum atomic E-state index is -1.09. The number of thiocarbonyl (C=S) groups is 1. The molecule has 0 aliphatic heterocycles. The van der Waals surface area contributed by atoms with Gasteiger partial charge in [0.1, 0.15) is 0 Å². The first-order valence-electron chi connectivity index (χ1n) is 8.05. The van der Waals surface area contributed by atoms with Crippen molar-refractivity contribution in [1.82, 2.24) is 0 Å². The number of hydrogen-bond acceptors (Lipinski definition) is 3. The molecule has 1 N–H and O–H groups in total. The third kappa shape index (κ3) is 6.98. The molecule has 0 saturated heterocycles. The molecule has 0 aromatic heterocycles. The minimum Gasteiger partial charge on any atom is -0.478 e. The quantitative estimate of drug-likeness (QED) is 0.387. The number of unbranched alkanes of at least 4 members (excludes halogenated alkanes) is 6. The summed E-state index contributed by atoms with van der Waals surface area (Å²) >= 11 is 5.20. The number of aliphatic carboxylic acids is 1. The van der Waals surface area contributed by atoms with E-state index in [-0.39, 0.29) is 11.4 Å². The number of carboxylic acid groups (broad SMARTS) is 1. The molecule has 1 unspecified atom stereocenters. The van der Waals surface area contributed by atoms with Crippen molar-refractivity contribution < 1.29 is 14.7 Å². The summed E-state index contributed by atoms with van der Waals surface area (Å²) in [5, 5.41) is 8.74. The van der Waals surface area contributed by atoms with Gasteiger partial charge in [-0.3, -0.25) is 4.79 Å². The molecule has 1 saturated carbocycles. The summed E-state index contributed by atoms with van der Waals surface area (Å²) < 4.78 is 0. The zero-order valence-electron chi connectivity index (χ0n) is 12.9. The molecule has 118 valence electrons. The number of Topliss-reactive ketones (excluding diaryl/α,β-unsaturated/α-hetero) is 1. The van der Waals surface area contributed by atoms with Crippen molar-refractivity contribution in [2.75, 3.05) is 0 Å². The van der Waals surface area contributed by atoms with Gasteiger partial charge >= 0.3 is 5.97 Å². The van der Waals surface area contributed by atoms with Gasteiger partial charge in [0.2, 0.25) is 0 Å². The minimum absolute atomic E-state index is 0.0957. The summed E-state index contributed by atoms with van der Waals surface area (Å²) in [5.41, 5.74) is 0.244. The Bertz CT molecular complexity index is 392. The number of rotatable bonds is 9. The van der Waals surface area contributed by atoms with E-state index in [1.54, 1.807) is 0 Å². The summed E-state index contributed by atoms with van der Waals surface area (Å²) in [4.78, 5) is 23.1. The van der Waals surface area contributed by atoms with E-state index >= 15 is 0 Å². The lowest BCUT2D eigenvalue weighted by Crippen LogP contribution is -2.25. The number of carbonyl (C=O) groups excluding carboxylic acids is 1. The van der Waals surface area contributed by atoms with E-state index in [1.807, 2.05) is 0 Å². The molecule has 1 rings (SSSR count). The van der Waals surface area contributed by atoms with Gasteiger partial charge in [-0.2, -0.15) is 0 Å². The number of ketones is 1. The lowest BCUT2D eigenvalue weighted by molar-refractivity contribution is -0.131. The lowest BCUT2D eigenvalue weighted by Gasteiger charge is -2.23. The van der Waals surface area contributed by atoms with Crippen molar-refractivity contribution in [3.8, 4) is 0 Å². The molecule has 4 heteroatoms. The Hall–Kier alpha value is -1.03. The van der Waals surface area contributed by atoms with Crippen molar-refractivity contribution >= 4 is 28.8 Å². The van der Waals surface area contributed by atoms with Crippen molar-refractivity contribution in [2.45, 2.75) is 71.1 Å². The molecule has 0 heterocycles. The monoisotopic (exact) mass is 310 g/mol. The van der Waals surface area contributed by atoms with E-state index < -0.39 is 5.97 Å². The highest BCUT2D eigenvalue weighted by molar-refractivity contribution is 7.81. The highest BCUT2D eigenvalue weighted by Crippen LogP contribution is 2.28. The largest absolute Gasteiger partial charge is 0.478 e. The maximum absolute atomic E-state index is 11.9. The first-order chi connectivity index (χ1) is 10.0. The van der Waals surface area contributed by atoms with Gasteiger partial charge in [0.25, 0.3) is 0 Å². The second-order valence-corrected chi connectivity index (χ2v) is 6.42. The van der Waals surface area contributed by atoms with Crippen LogP contribution in [-0.2, 0) is 9.59 Å². The van der Waals surface area contributed by atoms with E-state index in [9.17, 15) is 9.59 Å². The third-order valence-corrected chi connectivity index (χ3v) is 4.42. The molecule has 1 fully saturated rings. The van der Waals surface area contributed by atoms with Gasteiger partial charge in [0, 0.05) is 22.9 Å². The second kappa shape index (κ2) is 9.82. The normalized spacial score (nSPS) is 21.0. The average Bonchev–Trinajstić information content (AvgIpc) is 2.42. The molecular formula is C17H26O3S. The Morgan fingerprint density at radius 3 is 2.38 bits per heavy atom. The van der Waals surface area contributed by atoms with Crippen molar-refractivity contribution in [3.05, 3.63) is 11.6 Å². The molecule has 1 atom stereocenters. The van der Waals surface area contributed by atoms with Gasteiger partial charge in [-0.25, -0.2) is 4.79 Å². The number of carboxylic acids is 1. The fourth-order valence-corrected chi connectivity index (χ4v) is 3.26. The summed E-state index contributed by atoms with van der Waals surface area (Å²) in [6.07, 6.45) is 12.0. The van der Waals surface area contributed by atoms with Crippen LogP contribution in [0.4, 0.5) is 0 Å². The summed E-state index contributed by atoms with van der Waals surface area (Å²) in [6.45, 7) is 2.22. The zero-order valence-corrected chi connectivity index (χ0v) is 13.7. The van der Waals surface area contributed by atoms with Crippen LogP contribution in [0.15, 0.2) is 11.6 Å². The first kappa shape index (κ1) is 18.0. The van der Waals surface area contributed by atoms with Gasteiger partial charge in [0.15, 0.2) is 5.78 Å². The van der Waals surface area contributed by atoms with Gasteiger partial charge in [-0.05, 0) is 18.8 Å². The predicted molar refractivity (Wildman–Crippen MR) is 88.7 cm³/mol. The third-order valence-electron chi connectivity index (χ3n) is 4.03. The molecular weight excluding hydrogens is 284 g/mol. The molecule has 1 aliphatic rings. The highest BCUT2D eigenvalue weighted by atomic mass is 32.1. The van der Waals surface area contributed by atoms with E-state index in [0.29, 0.717) is 23.6 Å². The molecule has 0 aromatic carbocycles. The predicted octanol–water partition coefficient (Wildman–Crippen LogP) is 4.49. The standard InChI is InChI=1S/C17H26O3S/c1-2-3-4-5-6-7-8-9-13-10-15(18)14(12-17(19)20)16(21)11-13/h12-13H,2-11H2,1H3,(H,19,20)/b14-12-. The van der Waals surface area contributed by atoms with E-state index in [4.69, 9.17) is 17.3 Å². The average molecular weight is 310 g/mol. The molecule has 1 aliphatic carbocycles. The fourth-order valence-electron chi connectivity index (χ4n) is 2.85. The Kier molecular flexibility index (Phi) is 8.43. The Morgan fingerprint density at radius 1 is 1.19 bits per heavy atom. The van der Waals surface area contributed by atoms with Crippen molar-refractivity contribution in [2.24, 2.45) is 5.92 Å². The Morgan fingerprint density at radius 2 is 1.81 bits per heavy atom. The van der Waals surface area contributed by atoms with Crippen molar-refractivity contribution in [3.63, 3.8) is 0 Å². The maximum Gasteiger partial charge on any atom is 0.329 e. The van der Waals surface area contributed by atoms with E-state index in [0.717, 1.165) is 18.9 Å². The topological polar surface area (TPSA) is 54.4 Å². The lowest BCUT2D eigenvalue weighted by atomic mass is 9.81. The van der Waals surface area contributed by atoms with E-state index in [1.165, 1.54) is 38.5 Å². The molecule has 0 aromatic rings. The van der Waals surface area contributed by atoms with Crippen LogP contribution in [0.1, 0.15) is 71.1 Å². The summed E-state index contributed by atoms with van der Waals surface area (Å²) in [5.74, 6) is -0.876. The van der Waals surface area contributed by atoms with Gasteiger partial charge in [-0.15, -0.1) is 0 Å². The highest BCUT2D eigenvalue weighted by Gasteiger charge is 2.27. The summed E-state index contributed by atoms with van der Waals surface area (Å²) in [7, 11) is 0. The molecule has 3 nitrogen and oxygen atoms in total.